The van der Waals surface area contributed by atoms with E-state index in [1.807, 2.05) is 0 Å². The normalized spacial score (nSPS) is 19.5. The van der Waals surface area contributed by atoms with E-state index in [1.54, 1.807) is 0 Å². The molecule has 0 bridgehead atoms. The number of ether oxygens (including phenoxy) is 1. The average Bonchev–Trinajstić information content (AvgIpc) is 2.97. The molecule has 0 amide bonds. The van der Waals surface area contributed by atoms with Gasteiger partial charge in [-0.15, -0.1) is 0 Å². The number of anilines is 1. The summed E-state index contributed by atoms with van der Waals surface area (Å²) in [5, 5.41) is 3.39. The summed E-state index contributed by atoms with van der Waals surface area (Å²) in [7, 11) is 0. The number of hydrogen-bond acceptors (Lipinski definition) is 2. The second-order valence-electron chi connectivity index (χ2n) is 4.92. The monoisotopic (exact) mass is 217 g/mol. The summed E-state index contributed by atoms with van der Waals surface area (Å²) in [5.41, 5.74) is 2.64. The Morgan fingerprint density at radius 3 is 3.00 bits per heavy atom. The lowest BCUT2D eigenvalue weighted by Crippen LogP contribution is -2.08. The highest BCUT2D eigenvalue weighted by atomic mass is 16.5. The molecule has 0 aromatic heterocycles. The molecule has 2 heteroatoms. The van der Waals surface area contributed by atoms with E-state index < -0.39 is 0 Å². The van der Waals surface area contributed by atoms with Crippen LogP contribution >= 0.6 is 0 Å². The number of fused-ring (bicyclic) bond motifs is 1. The van der Waals surface area contributed by atoms with Crippen LogP contribution in [0.15, 0.2) is 18.2 Å². The van der Waals surface area contributed by atoms with Crippen molar-refractivity contribution in [1.29, 1.82) is 0 Å². The standard InChI is InChI=1S/C14H19NO/c1-2-5-11(4-1)10-16-14-7-3-6-13-12(14)8-9-15-13/h3,6-7,11,15H,1-2,4-5,8-10H2. The number of benzene rings is 1. The minimum absolute atomic E-state index is 0.796. The maximum Gasteiger partial charge on any atom is 0.124 e. The van der Waals surface area contributed by atoms with Crippen molar-refractivity contribution in [1.82, 2.24) is 0 Å². The molecule has 1 heterocycles. The fraction of sp³-hybridized carbons (Fsp3) is 0.571. The van der Waals surface area contributed by atoms with Gasteiger partial charge in [0.1, 0.15) is 5.75 Å². The van der Waals surface area contributed by atoms with E-state index in [-0.39, 0.29) is 0 Å². The Bertz CT molecular complexity index is 369. The second-order valence-corrected chi connectivity index (χ2v) is 4.92. The van der Waals surface area contributed by atoms with Crippen LogP contribution in [0.3, 0.4) is 0 Å². The van der Waals surface area contributed by atoms with Crippen LogP contribution in [0.25, 0.3) is 0 Å². The van der Waals surface area contributed by atoms with Crippen molar-refractivity contribution in [3.63, 3.8) is 0 Å². The molecular formula is C14H19NO. The van der Waals surface area contributed by atoms with Crippen LogP contribution in [0.5, 0.6) is 5.75 Å². The van der Waals surface area contributed by atoms with Crippen molar-refractivity contribution < 1.29 is 4.74 Å². The lowest BCUT2D eigenvalue weighted by atomic mass is 10.1. The zero-order valence-electron chi connectivity index (χ0n) is 9.67. The minimum Gasteiger partial charge on any atom is -0.493 e. The molecule has 1 saturated carbocycles. The zero-order valence-corrected chi connectivity index (χ0v) is 9.67. The van der Waals surface area contributed by atoms with Gasteiger partial charge in [0, 0.05) is 17.8 Å². The Balaban J connectivity index is 1.67. The molecule has 0 atom stereocenters. The summed E-state index contributed by atoms with van der Waals surface area (Å²) < 4.78 is 5.99. The number of rotatable bonds is 3. The molecular weight excluding hydrogens is 198 g/mol. The van der Waals surface area contributed by atoms with Crippen LogP contribution < -0.4 is 10.1 Å². The van der Waals surface area contributed by atoms with Gasteiger partial charge in [-0.1, -0.05) is 18.9 Å². The lowest BCUT2D eigenvalue weighted by molar-refractivity contribution is 0.250. The first-order valence-corrected chi connectivity index (χ1v) is 6.42. The van der Waals surface area contributed by atoms with Gasteiger partial charge >= 0.3 is 0 Å². The first-order valence-electron chi connectivity index (χ1n) is 6.42. The van der Waals surface area contributed by atoms with Gasteiger partial charge in [0.25, 0.3) is 0 Å². The minimum atomic E-state index is 0.796. The molecule has 1 aliphatic carbocycles. The Hall–Kier alpha value is -1.18. The molecule has 2 nitrogen and oxygen atoms in total. The first-order chi connectivity index (χ1) is 7.93. The molecule has 16 heavy (non-hydrogen) atoms. The third kappa shape index (κ3) is 1.89. The lowest BCUT2D eigenvalue weighted by Gasteiger charge is -2.13. The maximum atomic E-state index is 5.99. The van der Waals surface area contributed by atoms with E-state index in [0.717, 1.165) is 31.2 Å². The van der Waals surface area contributed by atoms with Crippen LogP contribution in [0, 0.1) is 5.92 Å². The van der Waals surface area contributed by atoms with Crippen LogP contribution in [0.2, 0.25) is 0 Å². The smallest absolute Gasteiger partial charge is 0.124 e. The summed E-state index contributed by atoms with van der Waals surface area (Å²) >= 11 is 0. The van der Waals surface area contributed by atoms with Crippen molar-refractivity contribution in [3.05, 3.63) is 23.8 Å². The molecule has 0 spiro atoms. The van der Waals surface area contributed by atoms with E-state index in [4.69, 9.17) is 4.74 Å². The quantitative estimate of drug-likeness (QED) is 0.839. The van der Waals surface area contributed by atoms with Crippen LogP contribution in [-0.4, -0.2) is 13.2 Å². The molecule has 86 valence electrons. The highest BCUT2D eigenvalue weighted by Crippen LogP contribution is 2.32. The number of hydrogen-bond donors (Lipinski definition) is 1. The Morgan fingerprint density at radius 2 is 2.12 bits per heavy atom. The molecule has 1 aromatic carbocycles. The molecule has 1 aliphatic heterocycles. The molecule has 0 radical (unpaired) electrons. The number of nitrogens with one attached hydrogen (secondary N) is 1. The Morgan fingerprint density at radius 1 is 1.25 bits per heavy atom. The van der Waals surface area contributed by atoms with Crippen molar-refractivity contribution in [3.8, 4) is 5.75 Å². The third-order valence-corrected chi connectivity index (χ3v) is 3.77. The highest BCUT2D eigenvalue weighted by Gasteiger charge is 2.18. The summed E-state index contributed by atoms with van der Waals surface area (Å²) in [5.74, 6) is 1.90. The Kier molecular flexibility index (Phi) is 2.73. The van der Waals surface area contributed by atoms with E-state index in [2.05, 4.69) is 23.5 Å². The van der Waals surface area contributed by atoms with E-state index >= 15 is 0 Å². The summed E-state index contributed by atoms with van der Waals surface area (Å²) in [6, 6.07) is 6.34. The fourth-order valence-electron chi connectivity index (χ4n) is 2.83. The van der Waals surface area contributed by atoms with Gasteiger partial charge < -0.3 is 10.1 Å². The van der Waals surface area contributed by atoms with Crippen LogP contribution in [-0.2, 0) is 6.42 Å². The van der Waals surface area contributed by atoms with Gasteiger partial charge in [0.05, 0.1) is 6.61 Å². The largest absolute Gasteiger partial charge is 0.493 e. The fourth-order valence-corrected chi connectivity index (χ4v) is 2.83. The average molecular weight is 217 g/mol. The van der Waals surface area contributed by atoms with Gasteiger partial charge in [0.2, 0.25) is 0 Å². The van der Waals surface area contributed by atoms with Crippen molar-refractivity contribution >= 4 is 5.69 Å². The van der Waals surface area contributed by atoms with Gasteiger partial charge in [-0.25, -0.2) is 0 Å². The van der Waals surface area contributed by atoms with Gasteiger partial charge in [-0.2, -0.15) is 0 Å². The highest BCUT2D eigenvalue weighted by molar-refractivity contribution is 5.61. The Labute approximate surface area is 97.0 Å². The van der Waals surface area contributed by atoms with Crippen molar-refractivity contribution in [2.45, 2.75) is 32.1 Å². The first kappa shape index (κ1) is 10.0. The summed E-state index contributed by atoms with van der Waals surface area (Å²) in [6.45, 7) is 1.97. The predicted molar refractivity (Wildman–Crippen MR) is 66.1 cm³/mol. The maximum absolute atomic E-state index is 5.99. The molecule has 0 saturated heterocycles. The van der Waals surface area contributed by atoms with Crippen molar-refractivity contribution in [2.75, 3.05) is 18.5 Å². The molecule has 0 unspecified atom stereocenters. The zero-order chi connectivity index (χ0) is 10.8. The van der Waals surface area contributed by atoms with Gasteiger partial charge in [-0.3, -0.25) is 0 Å². The van der Waals surface area contributed by atoms with Crippen molar-refractivity contribution in [2.24, 2.45) is 5.92 Å². The van der Waals surface area contributed by atoms with E-state index in [9.17, 15) is 0 Å². The van der Waals surface area contributed by atoms with Crippen LogP contribution in [0.4, 0.5) is 5.69 Å². The summed E-state index contributed by atoms with van der Waals surface area (Å²) in [4.78, 5) is 0. The summed E-state index contributed by atoms with van der Waals surface area (Å²) in [6.07, 6.45) is 6.60. The van der Waals surface area contributed by atoms with E-state index in [1.165, 1.54) is 36.9 Å². The molecule has 2 aliphatic rings. The van der Waals surface area contributed by atoms with Crippen LogP contribution in [0.1, 0.15) is 31.2 Å². The topological polar surface area (TPSA) is 21.3 Å². The third-order valence-electron chi connectivity index (χ3n) is 3.77. The molecule has 1 N–H and O–H groups in total. The SMILES string of the molecule is c1cc2c(c(OCC3CCCC3)c1)CCN2. The van der Waals surface area contributed by atoms with E-state index in [0.29, 0.717) is 0 Å². The molecule has 1 fully saturated rings. The molecule has 1 aromatic rings. The molecule has 3 rings (SSSR count). The predicted octanol–water partition coefficient (Wildman–Crippen LogP) is 3.22. The van der Waals surface area contributed by atoms with Gasteiger partial charge in [-0.05, 0) is 37.3 Å². The second kappa shape index (κ2) is 4.36. The van der Waals surface area contributed by atoms with Gasteiger partial charge in [0.15, 0.2) is 0 Å².